The van der Waals surface area contributed by atoms with Crippen molar-refractivity contribution in [2.75, 3.05) is 33.7 Å². The lowest BCUT2D eigenvalue weighted by atomic mass is 9.75. The summed E-state index contributed by atoms with van der Waals surface area (Å²) in [7, 11) is 3.93. The summed E-state index contributed by atoms with van der Waals surface area (Å²) in [6.45, 7) is 1.65. The summed E-state index contributed by atoms with van der Waals surface area (Å²) in [6.07, 6.45) is 0.829. The number of piperidine rings is 1. The van der Waals surface area contributed by atoms with Crippen LogP contribution in [-0.2, 0) is 16.8 Å². The molecule has 5 nitrogen and oxygen atoms in total. The normalized spacial score (nSPS) is 22.8. The van der Waals surface area contributed by atoms with E-state index in [1.807, 2.05) is 60.3 Å². The maximum atomic E-state index is 12.8. The Bertz CT molecular complexity index is 778. The fraction of sp³-hybridized carbons (Fsp3) is 0.409. The molecule has 2 atom stereocenters. The molecule has 0 saturated carbocycles. The van der Waals surface area contributed by atoms with Gasteiger partial charge in [0.25, 0.3) is 0 Å². The van der Waals surface area contributed by atoms with Gasteiger partial charge in [-0.2, -0.15) is 0 Å². The van der Waals surface area contributed by atoms with E-state index in [1.165, 1.54) is 0 Å². The molecule has 0 bridgehead atoms. The number of aromatic hydroxyl groups is 1. The van der Waals surface area contributed by atoms with Gasteiger partial charge in [0, 0.05) is 25.6 Å². The molecule has 1 heterocycles. The Morgan fingerprint density at radius 3 is 2.59 bits per heavy atom. The Hall–Kier alpha value is -2.37. The van der Waals surface area contributed by atoms with Crippen molar-refractivity contribution in [3.05, 3.63) is 65.7 Å². The second-order valence-electron chi connectivity index (χ2n) is 7.69. The second-order valence-corrected chi connectivity index (χ2v) is 7.69. The van der Waals surface area contributed by atoms with Crippen LogP contribution in [-0.4, -0.2) is 59.6 Å². The summed E-state index contributed by atoms with van der Waals surface area (Å²) in [5.74, 6) is 0.0952. The lowest BCUT2D eigenvalue weighted by molar-refractivity contribution is -0.141. The van der Waals surface area contributed by atoms with E-state index < -0.39 is 5.60 Å². The van der Waals surface area contributed by atoms with Crippen LogP contribution < -0.4 is 0 Å². The van der Waals surface area contributed by atoms with Crippen LogP contribution in [0.4, 0.5) is 0 Å². The summed E-state index contributed by atoms with van der Waals surface area (Å²) in [6, 6.07) is 16.6. The van der Waals surface area contributed by atoms with E-state index in [0.717, 1.165) is 5.56 Å². The van der Waals surface area contributed by atoms with Crippen molar-refractivity contribution in [3.63, 3.8) is 0 Å². The number of carbonyl (C=O) groups is 1. The summed E-state index contributed by atoms with van der Waals surface area (Å²) in [5, 5.41) is 21.3. The quantitative estimate of drug-likeness (QED) is 0.850. The highest BCUT2D eigenvalue weighted by Crippen LogP contribution is 2.39. The maximum absolute atomic E-state index is 12.8. The molecule has 2 aromatic rings. The Balaban J connectivity index is 1.79. The van der Waals surface area contributed by atoms with E-state index in [2.05, 4.69) is 0 Å². The molecular weight excluding hydrogens is 340 g/mol. The van der Waals surface area contributed by atoms with Gasteiger partial charge >= 0.3 is 0 Å². The van der Waals surface area contributed by atoms with E-state index in [9.17, 15) is 15.0 Å². The van der Waals surface area contributed by atoms with Crippen molar-refractivity contribution >= 4 is 5.91 Å². The van der Waals surface area contributed by atoms with E-state index >= 15 is 0 Å². The molecule has 27 heavy (non-hydrogen) atoms. The van der Waals surface area contributed by atoms with Gasteiger partial charge < -0.3 is 20.0 Å². The van der Waals surface area contributed by atoms with Crippen LogP contribution in [0.5, 0.6) is 5.75 Å². The molecule has 144 valence electrons. The van der Waals surface area contributed by atoms with Gasteiger partial charge in [0.15, 0.2) is 0 Å². The minimum absolute atomic E-state index is 0.0860. The Morgan fingerprint density at radius 1 is 1.19 bits per heavy atom. The van der Waals surface area contributed by atoms with E-state index in [1.54, 1.807) is 18.2 Å². The van der Waals surface area contributed by atoms with Crippen molar-refractivity contribution in [2.45, 2.75) is 18.4 Å². The van der Waals surface area contributed by atoms with Gasteiger partial charge in [-0.05, 0) is 43.8 Å². The summed E-state index contributed by atoms with van der Waals surface area (Å²) >= 11 is 0. The molecule has 0 aliphatic carbocycles. The first-order chi connectivity index (χ1) is 12.9. The van der Waals surface area contributed by atoms with Gasteiger partial charge in [0.1, 0.15) is 5.75 Å². The molecule has 1 aliphatic rings. The number of aliphatic hydroxyl groups is 1. The standard InChI is InChI=1S/C22H28N2O3/c1-23(2)15-19-16-24(21(26)13-17-7-4-3-5-8-17)12-11-22(19,27)18-9-6-10-20(25)14-18/h3-10,14,19,25,27H,11-13,15-16H2,1-2H3. The first kappa shape index (κ1) is 19.4. The van der Waals surface area contributed by atoms with Gasteiger partial charge in [-0.3, -0.25) is 4.79 Å². The average molecular weight is 368 g/mol. The Kier molecular flexibility index (Phi) is 5.82. The second kappa shape index (κ2) is 8.11. The number of benzene rings is 2. The third-order valence-corrected chi connectivity index (χ3v) is 5.36. The highest BCUT2D eigenvalue weighted by atomic mass is 16.3. The fourth-order valence-corrected chi connectivity index (χ4v) is 3.93. The van der Waals surface area contributed by atoms with Crippen LogP contribution in [0, 0.1) is 5.92 Å². The van der Waals surface area contributed by atoms with E-state index in [0.29, 0.717) is 38.0 Å². The number of rotatable bonds is 5. The van der Waals surface area contributed by atoms with Gasteiger partial charge in [0.05, 0.1) is 12.0 Å². The smallest absolute Gasteiger partial charge is 0.227 e. The number of likely N-dealkylation sites (tertiary alicyclic amines) is 1. The van der Waals surface area contributed by atoms with Crippen LogP contribution >= 0.6 is 0 Å². The van der Waals surface area contributed by atoms with Gasteiger partial charge in [0.2, 0.25) is 5.91 Å². The number of nitrogens with zero attached hydrogens (tertiary/aromatic N) is 2. The summed E-state index contributed by atoms with van der Waals surface area (Å²) in [5.41, 5.74) is 0.650. The number of amides is 1. The highest BCUT2D eigenvalue weighted by Gasteiger charge is 2.44. The summed E-state index contributed by atoms with van der Waals surface area (Å²) in [4.78, 5) is 16.7. The van der Waals surface area contributed by atoms with Crippen molar-refractivity contribution in [3.8, 4) is 5.75 Å². The molecule has 0 spiro atoms. The van der Waals surface area contributed by atoms with Crippen LogP contribution in [0.15, 0.2) is 54.6 Å². The molecule has 2 N–H and O–H groups in total. The largest absolute Gasteiger partial charge is 0.508 e. The zero-order valence-corrected chi connectivity index (χ0v) is 16.0. The van der Waals surface area contributed by atoms with Gasteiger partial charge in [-0.1, -0.05) is 42.5 Å². The SMILES string of the molecule is CN(C)CC1CN(C(=O)Cc2ccccc2)CCC1(O)c1cccc(O)c1. The van der Waals surface area contributed by atoms with Gasteiger partial charge in [-0.15, -0.1) is 0 Å². The minimum Gasteiger partial charge on any atom is -0.508 e. The van der Waals surface area contributed by atoms with Crippen LogP contribution in [0.2, 0.25) is 0 Å². The third kappa shape index (κ3) is 4.49. The lowest BCUT2D eigenvalue weighted by Gasteiger charge is -2.46. The van der Waals surface area contributed by atoms with Crippen molar-refractivity contribution in [1.82, 2.24) is 9.80 Å². The van der Waals surface area contributed by atoms with Crippen molar-refractivity contribution in [1.29, 1.82) is 0 Å². The highest BCUT2D eigenvalue weighted by molar-refractivity contribution is 5.79. The number of hydrogen-bond acceptors (Lipinski definition) is 4. The molecule has 5 heteroatoms. The molecule has 1 saturated heterocycles. The van der Waals surface area contributed by atoms with Crippen molar-refractivity contribution in [2.24, 2.45) is 5.92 Å². The molecule has 1 fully saturated rings. The third-order valence-electron chi connectivity index (χ3n) is 5.36. The van der Waals surface area contributed by atoms with Crippen LogP contribution in [0.3, 0.4) is 0 Å². The lowest BCUT2D eigenvalue weighted by Crippen LogP contribution is -2.54. The predicted octanol–water partition coefficient (Wildman–Crippen LogP) is 2.23. The first-order valence-electron chi connectivity index (χ1n) is 9.37. The monoisotopic (exact) mass is 368 g/mol. The number of hydrogen-bond donors (Lipinski definition) is 2. The maximum Gasteiger partial charge on any atom is 0.227 e. The van der Waals surface area contributed by atoms with Gasteiger partial charge in [-0.25, -0.2) is 0 Å². The number of carbonyl (C=O) groups excluding carboxylic acids is 1. The molecule has 1 amide bonds. The van der Waals surface area contributed by atoms with Crippen LogP contribution in [0.1, 0.15) is 17.5 Å². The molecule has 3 rings (SSSR count). The average Bonchev–Trinajstić information content (AvgIpc) is 2.64. The van der Waals surface area contributed by atoms with E-state index in [4.69, 9.17) is 0 Å². The number of phenolic OH excluding ortho intramolecular Hbond substituents is 1. The van der Waals surface area contributed by atoms with Crippen molar-refractivity contribution < 1.29 is 15.0 Å². The number of phenols is 1. The molecule has 0 radical (unpaired) electrons. The Labute approximate surface area is 160 Å². The fourth-order valence-electron chi connectivity index (χ4n) is 3.93. The molecule has 0 aromatic heterocycles. The van der Waals surface area contributed by atoms with E-state index in [-0.39, 0.29) is 17.6 Å². The zero-order valence-electron chi connectivity index (χ0n) is 16.0. The molecule has 2 unspecified atom stereocenters. The minimum atomic E-state index is -1.06. The topological polar surface area (TPSA) is 64.0 Å². The predicted molar refractivity (Wildman–Crippen MR) is 105 cm³/mol. The Morgan fingerprint density at radius 2 is 1.93 bits per heavy atom. The molecule has 2 aromatic carbocycles. The molecule has 1 aliphatic heterocycles. The first-order valence-corrected chi connectivity index (χ1v) is 9.37. The van der Waals surface area contributed by atoms with Crippen LogP contribution in [0.25, 0.3) is 0 Å². The zero-order chi connectivity index (χ0) is 19.4. The summed E-state index contributed by atoms with van der Waals surface area (Å²) < 4.78 is 0. The molecular formula is C22H28N2O3.